The van der Waals surface area contributed by atoms with Gasteiger partial charge in [-0.2, -0.15) is 0 Å². The number of hydrogen-bond donors (Lipinski definition) is 0. The average molecular weight is 226 g/mol. The lowest BCUT2D eigenvalue weighted by atomic mass is 10.2. The highest BCUT2D eigenvalue weighted by atomic mass is 28.2. The second kappa shape index (κ2) is 5.31. The molecule has 2 rings (SSSR count). The van der Waals surface area contributed by atoms with Crippen LogP contribution in [0.25, 0.3) is 0 Å². The Morgan fingerprint density at radius 1 is 1.25 bits per heavy atom. The van der Waals surface area contributed by atoms with Crippen LogP contribution < -0.4 is 5.19 Å². The van der Waals surface area contributed by atoms with Crippen molar-refractivity contribution >= 4 is 14.7 Å². The van der Waals surface area contributed by atoms with Crippen LogP contribution in [0.2, 0.25) is 0 Å². The molecule has 0 spiro atoms. The molecule has 0 bridgehead atoms. The first-order valence-corrected chi connectivity index (χ1v) is 7.03. The van der Waals surface area contributed by atoms with Crippen LogP contribution >= 0.6 is 0 Å². The van der Waals surface area contributed by atoms with E-state index in [9.17, 15) is 0 Å². The van der Waals surface area contributed by atoms with Crippen LogP contribution in [0, 0.1) is 6.92 Å². The summed E-state index contributed by atoms with van der Waals surface area (Å²) in [5.74, 6) is 0. The minimum absolute atomic E-state index is 0.837. The van der Waals surface area contributed by atoms with Crippen molar-refractivity contribution in [3.05, 3.63) is 52.8 Å². The Morgan fingerprint density at radius 3 is 2.88 bits per heavy atom. The summed E-state index contributed by atoms with van der Waals surface area (Å²) in [6, 6.07) is 8.88. The number of rotatable bonds is 4. The van der Waals surface area contributed by atoms with E-state index in [0.717, 1.165) is 15.9 Å². The third kappa shape index (κ3) is 2.73. The second-order valence-corrected chi connectivity index (χ2v) is 5.69. The normalized spacial score (nSPS) is 14.9. The van der Waals surface area contributed by atoms with Gasteiger partial charge in [0.1, 0.15) is 9.52 Å². The summed E-state index contributed by atoms with van der Waals surface area (Å²) in [5, 5.41) is 3.04. The van der Waals surface area contributed by atoms with E-state index < -0.39 is 0 Å². The molecular weight excluding hydrogens is 208 g/mol. The Balaban J connectivity index is 2.08. The van der Waals surface area contributed by atoms with Crippen LogP contribution in [0.1, 0.15) is 31.7 Å². The summed E-state index contributed by atoms with van der Waals surface area (Å²) in [5.41, 5.74) is 2.95. The van der Waals surface area contributed by atoms with Crippen LogP contribution in [0.3, 0.4) is 0 Å². The van der Waals surface area contributed by atoms with Gasteiger partial charge in [-0.1, -0.05) is 71.3 Å². The molecule has 0 atom stereocenters. The van der Waals surface area contributed by atoms with Gasteiger partial charge in [-0.3, -0.25) is 0 Å². The molecule has 1 aliphatic carbocycles. The zero-order valence-electron chi connectivity index (χ0n) is 10.1. The molecule has 1 aromatic rings. The Bertz CT molecular complexity index is 427. The van der Waals surface area contributed by atoms with Crippen LogP contribution in [0.15, 0.2) is 47.2 Å². The highest BCUT2D eigenvalue weighted by molar-refractivity contribution is 6.62. The van der Waals surface area contributed by atoms with Gasteiger partial charge in [0.25, 0.3) is 0 Å². The van der Waals surface area contributed by atoms with Crippen molar-refractivity contribution in [1.29, 1.82) is 0 Å². The minimum Gasteiger partial charge on any atom is -0.0813 e. The van der Waals surface area contributed by atoms with Gasteiger partial charge in [0.2, 0.25) is 0 Å². The molecule has 0 N–H and O–H groups in total. The van der Waals surface area contributed by atoms with Crippen molar-refractivity contribution in [2.75, 3.05) is 0 Å². The molecule has 0 saturated heterocycles. The summed E-state index contributed by atoms with van der Waals surface area (Å²) < 4.78 is 0. The zero-order valence-corrected chi connectivity index (χ0v) is 11.1. The van der Waals surface area contributed by atoms with Gasteiger partial charge in [-0.15, -0.1) is 0 Å². The van der Waals surface area contributed by atoms with Crippen molar-refractivity contribution in [2.45, 2.75) is 33.1 Å². The van der Waals surface area contributed by atoms with E-state index in [0.29, 0.717) is 0 Å². The first-order valence-electron chi connectivity index (χ1n) is 6.03. The molecule has 0 unspecified atom stereocenters. The van der Waals surface area contributed by atoms with Gasteiger partial charge in [-0.05, 0) is 19.8 Å². The van der Waals surface area contributed by atoms with Gasteiger partial charge in [0.05, 0.1) is 0 Å². The van der Waals surface area contributed by atoms with Gasteiger partial charge < -0.3 is 0 Å². The third-order valence-electron chi connectivity index (χ3n) is 2.85. The SMILES string of the molecule is CCCC1=CCC=C1[Si]c1cccc(C)c1. The molecule has 0 fully saturated rings. The van der Waals surface area contributed by atoms with E-state index in [1.54, 1.807) is 10.8 Å². The maximum absolute atomic E-state index is 2.39. The first kappa shape index (κ1) is 11.4. The zero-order chi connectivity index (χ0) is 11.4. The summed E-state index contributed by atoms with van der Waals surface area (Å²) in [4.78, 5) is 0. The maximum atomic E-state index is 2.39. The molecule has 0 amide bonds. The maximum Gasteiger partial charge on any atom is 0.121 e. The van der Waals surface area contributed by atoms with E-state index in [1.165, 1.54) is 23.6 Å². The van der Waals surface area contributed by atoms with Crippen LogP contribution in [0.4, 0.5) is 0 Å². The smallest absolute Gasteiger partial charge is 0.0813 e. The molecule has 0 nitrogen and oxygen atoms in total. The van der Waals surface area contributed by atoms with Gasteiger partial charge >= 0.3 is 0 Å². The lowest BCUT2D eigenvalue weighted by molar-refractivity contribution is 0.924. The highest BCUT2D eigenvalue weighted by Crippen LogP contribution is 2.22. The topological polar surface area (TPSA) is 0 Å². The molecule has 16 heavy (non-hydrogen) atoms. The number of hydrogen-bond acceptors (Lipinski definition) is 0. The second-order valence-electron chi connectivity index (χ2n) is 4.33. The highest BCUT2D eigenvalue weighted by Gasteiger charge is 2.10. The largest absolute Gasteiger partial charge is 0.121 e. The standard InChI is InChI=1S/C15H18Si/c1-3-6-13-8-5-10-15(13)16-14-9-4-7-12(2)11-14/h4,7-11H,3,5-6H2,1-2H3. The molecule has 0 saturated carbocycles. The Labute approximate surface area is 101 Å². The molecule has 0 aliphatic heterocycles. The lowest BCUT2D eigenvalue weighted by Gasteiger charge is -2.07. The average Bonchev–Trinajstić information content (AvgIpc) is 2.66. The Morgan fingerprint density at radius 2 is 2.12 bits per heavy atom. The van der Waals surface area contributed by atoms with Crippen molar-refractivity contribution < 1.29 is 0 Å². The van der Waals surface area contributed by atoms with E-state index in [1.807, 2.05) is 0 Å². The molecule has 2 radical (unpaired) electrons. The first-order chi connectivity index (χ1) is 7.79. The predicted molar refractivity (Wildman–Crippen MR) is 72.3 cm³/mol. The fourth-order valence-corrected chi connectivity index (χ4v) is 3.47. The summed E-state index contributed by atoms with van der Waals surface area (Å²) >= 11 is 0. The number of benzene rings is 1. The van der Waals surface area contributed by atoms with Crippen LogP contribution in [-0.4, -0.2) is 9.52 Å². The summed E-state index contributed by atoms with van der Waals surface area (Å²) in [7, 11) is 0.837. The predicted octanol–water partition coefficient (Wildman–Crippen LogP) is 3.34. The minimum atomic E-state index is 0.837. The Kier molecular flexibility index (Phi) is 3.78. The number of aryl methyl sites for hydroxylation is 1. The fraction of sp³-hybridized carbons (Fsp3) is 0.333. The van der Waals surface area contributed by atoms with Crippen molar-refractivity contribution in [1.82, 2.24) is 0 Å². The number of allylic oxidation sites excluding steroid dienone is 4. The van der Waals surface area contributed by atoms with Crippen molar-refractivity contribution in [2.24, 2.45) is 0 Å². The van der Waals surface area contributed by atoms with E-state index >= 15 is 0 Å². The molecular formula is C15H18Si. The van der Waals surface area contributed by atoms with E-state index in [4.69, 9.17) is 0 Å². The van der Waals surface area contributed by atoms with Gasteiger partial charge in [0, 0.05) is 0 Å². The Hall–Kier alpha value is -1.08. The van der Waals surface area contributed by atoms with Gasteiger partial charge in [-0.25, -0.2) is 0 Å². The van der Waals surface area contributed by atoms with E-state index in [-0.39, 0.29) is 0 Å². The molecule has 82 valence electrons. The third-order valence-corrected chi connectivity index (χ3v) is 4.24. The van der Waals surface area contributed by atoms with Crippen molar-refractivity contribution in [3.63, 3.8) is 0 Å². The molecule has 0 heterocycles. The van der Waals surface area contributed by atoms with Crippen molar-refractivity contribution in [3.8, 4) is 0 Å². The molecule has 1 heteroatoms. The fourth-order valence-electron chi connectivity index (χ4n) is 2.08. The van der Waals surface area contributed by atoms with Gasteiger partial charge in [0.15, 0.2) is 0 Å². The van der Waals surface area contributed by atoms with E-state index in [2.05, 4.69) is 50.3 Å². The summed E-state index contributed by atoms with van der Waals surface area (Å²) in [6.45, 7) is 4.42. The quantitative estimate of drug-likeness (QED) is 0.691. The molecule has 1 aliphatic rings. The monoisotopic (exact) mass is 226 g/mol. The molecule has 0 aromatic heterocycles. The van der Waals surface area contributed by atoms with Crippen LogP contribution in [0.5, 0.6) is 0 Å². The summed E-state index contributed by atoms with van der Waals surface area (Å²) in [6.07, 6.45) is 8.42. The lowest BCUT2D eigenvalue weighted by Crippen LogP contribution is -2.17. The molecule has 1 aromatic carbocycles. The van der Waals surface area contributed by atoms with Crippen LogP contribution in [-0.2, 0) is 0 Å².